The Balaban J connectivity index is 1.99. The van der Waals surface area contributed by atoms with Crippen molar-refractivity contribution in [3.05, 3.63) is 52.8 Å². The monoisotopic (exact) mass is 368 g/mol. The van der Waals surface area contributed by atoms with Gasteiger partial charge in [-0.3, -0.25) is 9.59 Å². The van der Waals surface area contributed by atoms with Crippen molar-refractivity contribution in [3.8, 4) is 23.0 Å². The molecule has 2 aromatic rings. The zero-order valence-electron chi connectivity index (χ0n) is 15.6. The third-order valence-electron chi connectivity index (χ3n) is 4.18. The van der Waals surface area contributed by atoms with E-state index in [0.29, 0.717) is 39.7 Å². The predicted molar refractivity (Wildman–Crippen MR) is 99.6 cm³/mol. The molecule has 140 valence electrons. The molecular weight excluding hydrogens is 348 g/mol. The number of carbonyl (C=O) groups excluding carboxylic acids is 2. The first-order valence-corrected chi connectivity index (χ1v) is 8.49. The van der Waals surface area contributed by atoms with Crippen LogP contribution in [0.3, 0.4) is 0 Å². The summed E-state index contributed by atoms with van der Waals surface area (Å²) in [6, 6.07) is 8.58. The summed E-state index contributed by atoms with van der Waals surface area (Å²) in [6.07, 6.45) is 1.87. The molecule has 1 heterocycles. The van der Waals surface area contributed by atoms with E-state index >= 15 is 0 Å². The van der Waals surface area contributed by atoms with Gasteiger partial charge >= 0.3 is 5.97 Å². The molecule has 0 aromatic heterocycles. The highest BCUT2D eigenvalue weighted by Gasteiger charge is 2.30. The quantitative estimate of drug-likeness (QED) is 0.452. The zero-order valence-corrected chi connectivity index (χ0v) is 15.6. The molecule has 1 aliphatic heterocycles. The molecule has 0 atom stereocenters. The average molecular weight is 368 g/mol. The van der Waals surface area contributed by atoms with Gasteiger partial charge in [-0.15, -0.1) is 0 Å². The normalized spacial score (nSPS) is 13.9. The maximum atomic E-state index is 12.8. The molecule has 2 aromatic carbocycles. The van der Waals surface area contributed by atoms with Crippen molar-refractivity contribution in [1.82, 2.24) is 0 Å². The molecule has 0 fully saturated rings. The SMILES string of the molecule is CCC(=O)Oc1cc(C)c2c(c1)O/C(=C\c1cccc(OC)c1OC)C2=O. The van der Waals surface area contributed by atoms with E-state index in [9.17, 15) is 9.59 Å². The van der Waals surface area contributed by atoms with E-state index in [-0.39, 0.29) is 23.9 Å². The molecule has 0 radical (unpaired) electrons. The van der Waals surface area contributed by atoms with Gasteiger partial charge in [0.25, 0.3) is 0 Å². The van der Waals surface area contributed by atoms with Gasteiger partial charge in [0.1, 0.15) is 11.5 Å². The van der Waals surface area contributed by atoms with Gasteiger partial charge in [-0.25, -0.2) is 0 Å². The molecule has 3 rings (SSSR count). The number of benzene rings is 2. The highest BCUT2D eigenvalue weighted by molar-refractivity contribution is 6.15. The second-order valence-electron chi connectivity index (χ2n) is 5.96. The van der Waals surface area contributed by atoms with Crippen molar-refractivity contribution < 1.29 is 28.5 Å². The van der Waals surface area contributed by atoms with Crippen LogP contribution in [0, 0.1) is 6.92 Å². The Morgan fingerprint density at radius 3 is 2.63 bits per heavy atom. The molecule has 0 N–H and O–H groups in total. The summed E-state index contributed by atoms with van der Waals surface area (Å²) in [5, 5.41) is 0. The molecule has 27 heavy (non-hydrogen) atoms. The fourth-order valence-corrected chi connectivity index (χ4v) is 2.91. The highest BCUT2D eigenvalue weighted by Crippen LogP contribution is 2.39. The number of hydrogen-bond donors (Lipinski definition) is 0. The minimum Gasteiger partial charge on any atom is -0.493 e. The van der Waals surface area contributed by atoms with Crippen LogP contribution >= 0.6 is 0 Å². The van der Waals surface area contributed by atoms with Gasteiger partial charge in [0.15, 0.2) is 17.3 Å². The third kappa shape index (κ3) is 3.51. The van der Waals surface area contributed by atoms with Crippen molar-refractivity contribution in [3.63, 3.8) is 0 Å². The Labute approximate surface area is 157 Å². The number of ketones is 1. The van der Waals surface area contributed by atoms with Crippen LogP contribution < -0.4 is 18.9 Å². The van der Waals surface area contributed by atoms with Gasteiger partial charge in [-0.05, 0) is 30.7 Å². The number of rotatable bonds is 5. The fraction of sp³-hybridized carbons (Fsp3) is 0.238. The summed E-state index contributed by atoms with van der Waals surface area (Å²) in [4.78, 5) is 24.3. The Morgan fingerprint density at radius 2 is 1.96 bits per heavy atom. The lowest BCUT2D eigenvalue weighted by Crippen LogP contribution is -2.06. The first-order valence-electron chi connectivity index (χ1n) is 8.49. The van der Waals surface area contributed by atoms with Crippen LogP contribution in [0.1, 0.15) is 34.8 Å². The number of carbonyl (C=O) groups is 2. The van der Waals surface area contributed by atoms with Gasteiger partial charge in [0, 0.05) is 18.1 Å². The molecule has 6 heteroatoms. The highest BCUT2D eigenvalue weighted by atomic mass is 16.5. The molecule has 0 unspecified atom stereocenters. The van der Waals surface area contributed by atoms with Crippen LogP contribution in [-0.4, -0.2) is 26.0 Å². The van der Waals surface area contributed by atoms with Crippen LogP contribution in [0.2, 0.25) is 0 Å². The van der Waals surface area contributed by atoms with E-state index in [0.717, 1.165) is 0 Å². The number of hydrogen-bond acceptors (Lipinski definition) is 6. The molecule has 0 saturated carbocycles. The maximum absolute atomic E-state index is 12.8. The molecule has 0 amide bonds. The lowest BCUT2D eigenvalue weighted by atomic mass is 10.0. The zero-order chi connectivity index (χ0) is 19.6. The van der Waals surface area contributed by atoms with E-state index in [1.54, 1.807) is 57.4 Å². The molecule has 0 saturated heterocycles. The van der Waals surface area contributed by atoms with Gasteiger partial charge in [0.05, 0.1) is 19.8 Å². The van der Waals surface area contributed by atoms with Crippen molar-refractivity contribution in [1.29, 1.82) is 0 Å². The van der Waals surface area contributed by atoms with Crippen LogP contribution in [0.15, 0.2) is 36.1 Å². The van der Waals surface area contributed by atoms with Crippen LogP contribution in [0.4, 0.5) is 0 Å². The molecule has 0 spiro atoms. The van der Waals surface area contributed by atoms with E-state index < -0.39 is 0 Å². The maximum Gasteiger partial charge on any atom is 0.310 e. The van der Waals surface area contributed by atoms with E-state index in [2.05, 4.69) is 0 Å². The largest absolute Gasteiger partial charge is 0.493 e. The molecular formula is C21H20O6. The first kappa shape index (κ1) is 18.5. The van der Waals surface area contributed by atoms with E-state index in [1.807, 2.05) is 0 Å². The Morgan fingerprint density at radius 1 is 1.19 bits per heavy atom. The standard InChI is InChI=1S/C21H20O6/c1-5-18(22)26-14-9-12(2)19-16(11-14)27-17(20(19)23)10-13-7-6-8-15(24-3)21(13)25-4/h6-11H,5H2,1-4H3/b17-10-. The number of allylic oxidation sites excluding steroid dienone is 1. The predicted octanol–water partition coefficient (Wildman–Crippen LogP) is 3.94. The number of para-hydroxylation sites is 1. The molecule has 0 aliphatic carbocycles. The summed E-state index contributed by atoms with van der Waals surface area (Å²) in [7, 11) is 3.08. The average Bonchev–Trinajstić information content (AvgIpc) is 2.97. The number of Topliss-reactive ketones (excluding diaryl/α,β-unsaturated/α-hetero) is 1. The summed E-state index contributed by atoms with van der Waals surface area (Å²) in [6.45, 7) is 3.49. The number of ether oxygens (including phenoxy) is 4. The molecule has 1 aliphatic rings. The number of fused-ring (bicyclic) bond motifs is 1. The summed E-state index contributed by atoms with van der Waals surface area (Å²) in [5.41, 5.74) is 1.79. The summed E-state index contributed by atoms with van der Waals surface area (Å²) in [5.74, 6) is 1.36. The van der Waals surface area contributed by atoms with Gasteiger partial charge in [-0.2, -0.15) is 0 Å². The van der Waals surface area contributed by atoms with Crippen LogP contribution in [0.5, 0.6) is 23.0 Å². The Kier molecular flexibility index (Phi) is 5.16. The van der Waals surface area contributed by atoms with Gasteiger partial charge in [-0.1, -0.05) is 19.1 Å². The Bertz CT molecular complexity index is 942. The molecule has 6 nitrogen and oxygen atoms in total. The van der Waals surface area contributed by atoms with Crippen LogP contribution in [-0.2, 0) is 4.79 Å². The number of esters is 1. The minimum absolute atomic E-state index is 0.165. The fourth-order valence-electron chi connectivity index (χ4n) is 2.91. The van der Waals surface area contributed by atoms with Crippen LogP contribution in [0.25, 0.3) is 6.08 Å². The van der Waals surface area contributed by atoms with Gasteiger partial charge < -0.3 is 18.9 Å². The van der Waals surface area contributed by atoms with Crippen molar-refractivity contribution in [2.24, 2.45) is 0 Å². The van der Waals surface area contributed by atoms with Gasteiger partial charge in [0.2, 0.25) is 5.78 Å². The third-order valence-corrected chi connectivity index (χ3v) is 4.18. The minimum atomic E-state index is -0.351. The van der Waals surface area contributed by atoms with E-state index in [4.69, 9.17) is 18.9 Å². The summed E-state index contributed by atoms with van der Waals surface area (Å²) < 4.78 is 21.7. The summed E-state index contributed by atoms with van der Waals surface area (Å²) >= 11 is 0. The smallest absolute Gasteiger partial charge is 0.310 e. The number of methoxy groups -OCH3 is 2. The molecule has 0 bridgehead atoms. The topological polar surface area (TPSA) is 71.1 Å². The second-order valence-corrected chi connectivity index (χ2v) is 5.96. The number of aryl methyl sites for hydroxylation is 1. The van der Waals surface area contributed by atoms with Crippen molar-refractivity contribution in [2.75, 3.05) is 14.2 Å². The second kappa shape index (κ2) is 7.53. The first-order chi connectivity index (χ1) is 13.0. The lowest BCUT2D eigenvalue weighted by Gasteiger charge is -2.10. The van der Waals surface area contributed by atoms with E-state index in [1.165, 1.54) is 7.11 Å². The Hall–Kier alpha value is -3.28. The lowest BCUT2D eigenvalue weighted by molar-refractivity contribution is -0.134. The van der Waals surface area contributed by atoms with Crippen molar-refractivity contribution >= 4 is 17.8 Å². The van der Waals surface area contributed by atoms with Crippen molar-refractivity contribution in [2.45, 2.75) is 20.3 Å².